The SMILES string of the molecule is Cc1ccc(SCC(=O)NCc2cccs2)cc1. The molecule has 2 aromatic rings. The predicted molar refractivity (Wildman–Crippen MR) is 78.1 cm³/mol. The molecule has 1 aromatic heterocycles. The zero-order chi connectivity index (χ0) is 12.8. The summed E-state index contributed by atoms with van der Waals surface area (Å²) in [5.41, 5.74) is 1.24. The number of hydrogen-bond acceptors (Lipinski definition) is 3. The molecule has 1 N–H and O–H groups in total. The van der Waals surface area contributed by atoms with Crippen molar-refractivity contribution in [1.82, 2.24) is 5.32 Å². The van der Waals surface area contributed by atoms with Gasteiger partial charge in [0.05, 0.1) is 12.3 Å². The molecule has 0 aliphatic heterocycles. The molecule has 0 saturated carbocycles. The molecule has 1 aromatic carbocycles. The molecule has 0 spiro atoms. The number of amides is 1. The summed E-state index contributed by atoms with van der Waals surface area (Å²) in [5.74, 6) is 0.544. The van der Waals surface area contributed by atoms with Crippen LogP contribution < -0.4 is 5.32 Å². The molecule has 4 heteroatoms. The molecule has 2 rings (SSSR count). The first-order chi connectivity index (χ1) is 8.74. The molecule has 0 atom stereocenters. The van der Waals surface area contributed by atoms with Gasteiger partial charge in [0, 0.05) is 9.77 Å². The standard InChI is InChI=1S/C14H15NOS2/c1-11-4-6-12(7-5-11)18-10-14(16)15-9-13-3-2-8-17-13/h2-8H,9-10H2,1H3,(H,15,16). The normalized spacial score (nSPS) is 10.3. The average Bonchev–Trinajstić information content (AvgIpc) is 2.89. The van der Waals surface area contributed by atoms with Gasteiger partial charge in [0.1, 0.15) is 0 Å². The highest BCUT2D eigenvalue weighted by Crippen LogP contribution is 2.17. The fourth-order valence-electron chi connectivity index (χ4n) is 1.43. The third-order valence-corrected chi connectivity index (χ3v) is 4.32. The van der Waals surface area contributed by atoms with Crippen molar-refractivity contribution >= 4 is 29.0 Å². The van der Waals surface area contributed by atoms with E-state index in [9.17, 15) is 4.79 Å². The van der Waals surface area contributed by atoms with Crippen LogP contribution in [0.2, 0.25) is 0 Å². The Balaban J connectivity index is 1.73. The molecule has 1 amide bonds. The van der Waals surface area contributed by atoms with Gasteiger partial charge < -0.3 is 5.32 Å². The number of thiophene rings is 1. The van der Waals surface area contributed by atoms with E-state index in [2.05, 4.69) is 24.4 Å². The molecule has 0 aliphatic carbocycles. The minimum atomic E-state index is 0.0778. The van der Waals surface area contributed by atoms with Crippen molar-refractivity contribution in [3.8, 4) is 0 Å². The minimum Gasteiger partial charge on any atom is -0.350 e. The van der Waals surface area contributed by atoms with E-state index in [0.717, 1.165) is 4.90 Å². The van der Waals surface area contributed by atoms with Gasteiger partial charge in [-0.3, -0.25) is 4.79 Å². The van der Waals surface area contributed by atoms with Gasteiger partial charge in [-0.25, -0.2) is 0 Å². The summed E-state index contributed by atoms with van der Waals surface area (Å²) in [6.07, 6.45) is 0. The highest BCUT2D eigenvalue weighted by Gasteiger charge is 2.03. The molecule has 94 valence electrons. The van der Waals surface area contributed by atoms with Crippen LogP contribution in [0.5, 0.6) is 0 Å². The molecule has 0 bridgehead atoms. The minimum absolute atomic E-state index is 0.0778. The summed E-state index contributed by atoms with van der Waals surface area (Å²) in [6.45, 7) is 2.69. The van der Waals surface area contributed by atoms with E-state index in [1.54, 1.807) is 23.1 Å². The summed E-state index contributed by atoms with van der Waals surface area (Å²) in [6, 6.07) is 12.2. The van der Waals surface area contributed by atoms with Crippen LogP contribution >= 0.6 is 23.1 Å². The van der Waals surface area contributed by atoms with Crippen molar-refractivity contribution in [2.24, 2.45) is 0 Å². The second-order valence-corrected chi connectivity index (χ2v) is 6.04. The number of carbonyl (C=O) groups excluding carboxylic acids is 1. The number of aryl methyl sites for hydroxylation is 1. The molecule has 0 fully saturated rings. The number of hydrogen-bond donors (Lipinski definition) is 1. The third kappa shape index (κ3) is 4.20. The van der Waals surface area contributed by atoms with Crippen LogP contribution in [0.4, 0.5) is 0 Å². The summed E-state index contributed by atoms with van der Waals surface area (Å²) < 4.78 is 0. The zero-order valence-electron chi connectivity index (χ0n) is 10.2. The Kier molecular flexibility index (Phi) is 4.84. The second kappa shape index (κ2) is 6.61. The smallest absolute Gasteiger partial charge is 0.230 e. The van der Waals surface area contributed by atoms with E-state index >= 15 is 0 Å². The van der Waals surface area contributed by atoms with Crippen molar-refractivity contribution < 1.29 is 4.79 Å². The Labute approximate surface area is 115 Å². The molecular weight excluding hydrogens is 262 g/mol. The summed E-state index contributed by atoms with van der Waals surface area (Å²) in [5, 5.41) is 4.93. The Morgan fingerprint density at radius 2 is 2.06 bits per heavy atom. The average molecular weight is 277 g/mol. The van der Waals surface area contributed by atoms with Crippen molar-refractivity contribution in [3.63, 3.8) is 0 Å². The van der Waals surface area contributed by atoms with Crippen LogP contribution in [-0.2, 0) is 11.3 Å². The van der Waals surface area contributed by atoms with Gasteiger partial charge in [-0.2, -0.15) is 0 Å². The van der Waals surface area contributed by atoms with Crippen LogP contribution in [-0.4, -0.2) is 11.7 Å². The van der Waals surface area contributed by atoms with Crippen LogP contribution in [0, 0.1) is 6.92 Å². The van der Waals surface area contributed by atoms with Gasteiger partial charge in [0.15, 0.2) is 0 Å². The topological polar surface area (TPSA) is 29.1 Å². The quantitative estimate of drug-likeness (QED) is 0.848. The maximum atomic E-state index is 11.7. The predicted octanol–water partition coefficient (Wildman–Crippen LogP) is 3.47. The lowest BCUT2D eigenvalue weighted by molar-refractivity contribution is -0.118. The maximum Gasteiger partial charge on any atom is 0.230 e. The molecule has 0 radical (unpaired) electrons. The van der Waals surface area contributed by atoms with E-state index in [0.29, 0.717) is 12.3 Å². The van der Waals surface area contributed by atoms with Crippen molar-refractivity contribution in [2.45, 2.75) is 18.4 Å². The van der Waals surface area contributed by atoms with Gasteiger partial charge in [0.2, 0.25) is 5.91 Å². The van der Waals surface area contributed by atoms with E-state index in [-0.39, 0.29) is 5.91 Å². The highest BCUT2D eigenvalue weighted by molar-refractivity contribution is 8.00. The lowest BCUT2D eigenvalue weighted by Gasteiger charge is -2.04. The number of benzene rings is 1. The van der Waals surface area contributed by atoms with Crippen LogP contribution in [0.3, 0.4) is 0 Å². The highest BCUT2D eigenvalue weighted by atomic mass is 32.2. The molecule has 0 aliphatic rings. The molecule has 1 heterocycles. The number of rotatable bonds is 5. The van der Waals surface area contributed by atoms with Gasteiger partial charge in [0.25, 0.3) is 0 Å². The van der Waals surface area contributed by atoms with E-state index in [1.807, 2.05) is 29.6 Å². The zero-order valence-corrected chi connectivity index (χ0v) is 11.8. The van der Waals surface area contributed by atoms with E-state index in [1.165, 1.54) is 10.4 Å². The van der Waals surface area contributed by atoms with E-state index in [4.69, 9.17) is 0 Å². The summed E-state index contributed by atoms with van der Waals surface area (Å²) in [4.78, 5) is 14.0. The third-order valence-electron chi connectivity index (χ3n) is 2.43. The van der Waals surface area contributed by atoms with Crippen LogP contribution in [0.1, 0.15) is 10.4 Å². The lowest BCUT2D eigenvalue weighted by atomic mass is 10.2. The van der Waals surface area contributed by atoms with Crippen molar-refractivity contribution in [3.05, 3.63) is 52.2 Å². The first-order valence-electron chi connectivity index (χ1n) is 5.72. The number of thioether (sulfide) groups is 1. The van der Waals surface area contributed by atoms with E-state index < -0.39 is 0 Å². The van der Waals surface area contributed by atoms with Gasteiger partial charge in [-0.15, -0.1) is 23.1 Å². The Bertz CT molecular complexity index is 491. The van der Waals surface area contributed by atoms with Crippen LogP contribution in [0.25, 0.3) is 0 Å². The van der Waals surface area contributed by atoms with Gasteiger partial charge in [-0.1, -0.05) is 23.8 Å². The lowest BCUT2D eigenvalue weighted by Crippen LogP contribution is -2.24. The monoisotopic (exact) mass is 277 g/mol. The maximum absolute atomic E-state index is 11.7. The molecule has 0 saturated heterocycles. The second-order valence-electron chi connectivity index (χ2n) is 3.96. The summed E-state index contributed by atoms with van der Waals surface area (Å²) >= 11 is 3.23. The number of nitrogens with one attached hydrogen (secondary N) is 1. The summed E-state index contributed by atoms with van der Waals surface area (Å²) in [7, 11) is 0. The van der Waals surface area contributed by atoms with Crippen molar-refractivity contribution in [1.29, 1.82) is 0 Å². The number of carbonyl (C=O) groups is 1. The Morgan fingerprint density at radius 1 is 1.28 bits per heavy atom. The first-order valence-corrected chi connectivity index (χ1v) is 7.59. The van der Waals surface area contributed by atoms with Gasteiger partial charge >= 0.3 is 0 Å². The molecule has 2 nitrogen and oxygen atoms in total. The fraction of sp³-hybridized carbons (Fsp3) is 0.214. The molecule has 0 unspecified atom stereocenters. The largest absolute Gasteiger partial charge is 0.350 e. The fourth-order valence-corrected chi connectivity index (χ4v) is 2.81. The van der Waals surface area contributed by atoms with Crippen molar-refractivity contribution in [2.75, 3.05) is 5.75 Å². The Morgan fingerprint density at radius 3 is 2.72 bits per heavy atom. The first kappa shape index (κ1) is 13.2. The molecule has 18 heavy (non-hydrogen) atoms. The molecular formula is C14H15NOS2. The van der Waals surface area contributed by atoms with Gasteiger partial charge in [-0.05, 0) is 30.5 Å². The Hall–Kier alpha value is -1.26. The van der Waals surface area contributed by atoms with Crippen LogP contribution in [0.15, 0.2) is 46.7 Å².